The molecule has 0 saturated carbocycles. The van der Waals surface area contributed by atoms with E-state index < -0.39 is 0 Å². The van der Waals surface area contributed by atoms with Gasteiger partial charge < -0.3 is 15.0 Å². The molecule has 130 valence electrons. The normalized spacial score (nSPS) is 10.8. The number of thiophene rings is 1. The van der Waals surface area contributed by atoms with E-state index in [9.17, 15) is 4.79 Å². The van der Waals surface area contributed by atoms with Gasteiger partial charge in [-0.3, -0.25) is 4.79 Å². The second kappa shape index (κ2) is 7.63. The highest BCUT2D eigenvalue weighted by Gasteiger charge is 2.15. The van der Waals surface area contributed by atoms with Gasteiger partial charge in [0.15, 0.2) is 0 Å². The smallest absolute Gasteiger partial charge is 0.266 e. The number of hydrogen-bond acceptors (Lipinski definition) is 5. The summed E-state index contributed by atoms with van der Waals surface area (Å²) < 4.78 is 6.19. The Kier molecular flexibility index (Phi) is 5.31. The van der Waals surface area contributed by atoms with Crippen molar-refractivity contribution in [1.29, 1.82) is 0 Å². The lowest BCUT2D eigenvalue weighted by Gasteiger charge is -2.17. The summed E-state index contributed by atoms with van der Waals surface area (Å²) in [6.45, 7) is 3.39. The van der Waals surface area contributed by atoms with E-state index in [1.807, 2.05) is 55.3 Å². The molecule has 6 heteroatoms. The fourth-order valence-electron chi connectivity index (χ4n) is 2.61. The Balaban J connectivity index is 1.73. The van der Waals surface area contributed by atoms with Crippen molar-refractivity contribution >= 4 is 38.8 Å². The zero-order valence-corrected chi connectivity index (χ0v) is 15.4. The number of amides is 1. The van der Waals surface area contributed by atoms with Crippen molar-refractivity contribution < 1.29 is 9.53 Å². The molecule has 3 rings (SSSR count). The van der Waals surface area contributed by atoms with E-state index in [4.69, 9.17) is 4.74 Å². The molecular formula is C19H21N3O2S. The fourth-order valence-corrected chi connectivity index (χ4v) is 3.71. The third-order valence-electron chi connectivity index (χ3n) is 4.08. The first-order valence-corrected chi connectivity index (χ1v) is 8.87. The summed E-state index contributed by atoms with van der Waals surface area (Å²) in [5.41, 5.74) is 1.70. The van der Waals surface area contributed by atoms with Crippen LogP contribution in [0.1, 0.15) is 15.2 Å². The Morgan fingerprint density at radius 2 is 2.08 bits per heavy atom. The van der Waals surface area contributed by atoms with Crippen molar-refractivity contribution in [3.63, 3.8) is 0 Å². The van der Waals surface area contributed by atoms with Crippen LogP contribution in [0.15, 0.2) is 42.6 Å². The SMILES string of the molecule is COCCN(C)c1ccc(NC(=O)c2sc3ccccc3c2C)cn1. The first kappa shape index (κ1) is 17.4. The predicted molar refractivity (Wildman–Crippen MR) is 104 cm³/mol. The first-order valence-electron chi connectivity index (χ1n) is 8.05. The van der Waals surface area contributed by atoms with Crippen LogP contribution in [0.4, 0.5) is 11.5 Å². The van der Waals surface area contributed by atoms with Gasteiger partial charge in [0.25, 0.3) is 5.91 Å². The lowest BCUT2D eigenvalue weighted by Crippen LogP contribution is -2.23. The molecule has 0 saturated heterocycles. The van der Waals surface area contributed by atoms with E-state index in [1.165, 1.54) is 11.3 Å². The summed E-state index contributed by atoms with van der Waals surface area (Å²) in [5.74, 6) is 0.745. The number of nitrogens with one attached hydrogen (secondary N) is 1. The Morgan fingerprint density at radius 1 is 1.28 bits per heavy atom. The average Bonchev–Trinajstić information content (AvgIpc) is 2.97. The minimum Gasteiger partial charge on any atom is -0.383 e. The van der Waals surface area contributed by atoms with Crippen molar-refractivity contribution in [2.24, 2.45) is 0 Å². The number of hydrogen-bond donors (Lipinski definition) is 1. The molecule has 2 aromatic heterocycles. The molecule has 0 aliphatic carbocycles. The Morgan fingerprint density at radius 3 is 2.76 bits per heavy atom. The lowest BCUT2D eigenvalue weighted by atomic mass is 10.1. The number of fused-ring (bicyclic) bond motifs is 1. The van der Waals surface area contributed by atoms with Crippen LogP contribution in [-0.4, -0.2) is 38.2 Å². The number of likely N-dealkylation sites (N-methyl/N-ethyl adjacent to an activating group) is 1. The third kappa shape index (κ3) is 3.81. The molecule has 3 aromatic rings. The predicted octanol–water partition coefficient (Wildman–Crippen LogP) is 3.94. The number of benzene rings is 1. The monoisotopic (exact) mass is 355 g/mol. The highest BCUT2D eigenvalue weighted by molar-refractivity contribution is 7.21. The quantitative estimate of drug-likeness (QED) is 0.728. The van der Waals surface area contributed by atoms with Gasteiger partial charge in [-0.05, 0) is 36.1 Å². The van der Waals surface area contributed by atoms with Crippen LogP contribution in [0, 0.1) is 6.92 Å². The first-order chi connectivity index (χ1) is 12.1. The zero-order chi connectivity index (χ0) is 17.8. The summed E-state index contributed by atoms with van der Waals surface area (Å²) >= 11 is 1.51. The van der Waals surface area contributed by atoms with Gasteiger partial charge in [-0.25, -0.2) is 4.98 Å². The summed E-state index contributed by atoms with van der Waals surface area (Å²) in [6, 6.07) is 11.8. The molecule has 0 spiro atoms. The van der Waals surface area contributed by atoms with Gasteiger partial charge in [0, 0.05) is 25.4 Å². The molecule has 0 unspecified atom stereocenters. The Labute approximate surface area is 151 Å². The molecule has 1 amide bonds. The van der Waals surface area contributed by atoms with Crippen molar-refractivity contribution in [3.05, 3.63) is 53.0 Å². The van der Waals surface area contributed by atoms with E-state index in [2.05, 4.69) is 10.3 Å². The number of methoxy groups -OCH3 is 1. The summed E-state index contributed by atoms with van der Waals surface area (Å²) in [6.07, 6.45) is 1.68. The number of aromatic nitrogens is 1. The zero-order valence-electron chi connectivity index (χ0n) is 14.6. The highest BCUT2D eigenvalue weighted by Crippen LogP contribution is 2.31. The molecular weight excluding hydrogens is 334 g/mol. The topological polar surface area (TPSA) is 54.5 Å². The van der Waals surface area contributed by atoms with Crippen molar-refractivity contribution in [2.75, 3.05) is 37.5 Å². The Hall–Kier alpha value is -2.44. The number of carbonyl (C=O) groups is 1. The van der Waals surface area contributed by atoms with Gasteiger partial charge in [0.2, 0.25) is 0 Å². The average molecular weight is 355 g/mol. The second-order valence-electron chi connectivity index (χ2n) is 5.83. The lowest BCUT2D eigenvalue weighted by molar-refractivity contribution is 0.103. The highest BCUT2D eigenvalue weighted by atomic mass is 32.1. The molecule has 5 nitrogen and oxygen atoms in total. The van der Waals surface area contributed by atoms with Crippen LogP contribution in [0.5, 0.6) is 0 Å². The fraction of sp³-hybridized carbons (Fsp3) is 0.263. The maximum atomic E-state index is 12.6. The summed E-state index contributed by atoms with van der Waals surface area (Å²) in [4.78, 5) is 19.8. The number of aryl methyl sites for hydroxylation is 1. The molecule has 1 N–H and O–H groups in total. The van der Waals surface area contributed by atoms with Crippen LogP contribution in [0.25, 0.3) is 10.1 Å². The number of pyridine rings is 1. The molecule has 0 bridgehead atoms. The number of rotatable bonds is 6. The van der Waals surface area contributed by atoms with Gasteiger partial charge in [0.1, 0.15) is 5.82 Å². The van der Waals surface area contributed by atoms with Gasteiger partial charge in [-0.1, -0.05) is 18.2 Å². The molecule has 2 heterocycles. The third-order valence-corrected chi connectivity index (χ3v) is 5.35. The van der Waals surface area contributed by atoms with Crippen LogP contribution in [0.2, 0.25) is 0 Å². The maximum absolute atomic E-state index is 12.6. The Bertz CT molecular complexity index is 874. The van der Waals surface area contributed by atoms with Gasteiger partial charge in [-0.15, -0.1) is 11.3 Å². The van der Waals surface area contributed by atoms with Crippen molar-refractivity contribution in [2.45, 2.75) is 6.92 Å². The molecule has 1 aromatic carbocycles. The minimum atomic E-state index is -0.0963. The molecule has 25 heavy (non-hydrogen) atoms. The minimum absolute atomic E-state index is 0.0963. The molecule has 0 aliphatic heterocycles. The van der Waals surface area contributed by atoms with E-state index >= 15 is 0 Å². The summed E-state index contributed by atoms with van der Waals surface area (Å²) in [7, 11) is 3.63. The van der Waals surface area contributed by atoms with Crippen LogP contribution in [-0.2, 0) is 4.74 Å². The maximum Gasteiger partial charge on any atom is 0.266 e. The number of nitrogens with zero attached hydrogens (tertiary/aromatic N) is 2. The van der Waals surface area contributed by atoms with E-state index in [0.29, 0.717) is 12.3 Å². The van der Waals surface area contributed by atoms with Crippen LogP contribution < -0.4 is 10.2 Å². The van der Waals surface area contributed by atoms with E-state index in [1.54, 1.807) is 13.3 Å². The molecule has 0 aliphatic rings. The van der Waals surface area contributed by atoms with Crippen LogP contribution in [0.3, 0.4) is 0 Å². The summed E-state index contributed by atoms with van der Waals surface area (Å²) in [5, 5.41) is 4.07. The van der Waals surface area contributed by atoms with Gasteiger partial charge >= 0.3 is 0 Å². The molecule has 0 radical (unpaired) electrons. The largest absolute Gasteiger partial charge is 0.383 e. The molecule has 0 fully saturated rings. The number of carbonyl (C=O) groups excluding carboxylic acids is 1. The van der Waals surface area contributed by atoms with Gasteiger partial charge in [0.05, 0.1) is 23.4 Å². The second-order valence-corrected chi connectivity index (χ2v) is 6.88. The van der Waals surface area contributed by atoms with Crippen LogP contribution >= 0.6 is 11.3 Å². The molecule has 0 atom stereocenters. The van der Waals surface area contributed by atoms with Gasteiger partial charge in [-0.2, -0.15) is 0 Å². The standard InChI is InChI=1S/C19H21N3O2S/c1-13-15-6-4-5-7-16(15)25-18(13)19(23)21-14-8-9-17(20-12-14)22(2)10-11-24-3/h4-9,12H,10-11H2,1-3H3,(H,21,23). The number of ether oxygens (including phenoxy) is 1. The van der Waals surface area contributed by atoms with Crippen molar-refractivity contribution in [1.82, 2.24) is 4.98 Å². The number of anilines is 2. The van der Waals surface area contributed by atoms with E-state index in [-0.39, 0.29) is 5.91 Å². The van der Waals surface area contributed by atoms with E-state index in [0.717, 1.165) is 32.9 Å². The van der Waals surface area contributed by atoms with Crippen molar-refractivity contribution in [3.8, 4) is 0 Å².